The van der Waals surface area contributed by atoms with Gasteiger partial charge >= 0.3 is 0 Å². The summed E-state index contributed by atoms with van der Waals surface area (Å²) in [7, 11) is 1.85. The Bertz CT molecular complexity index is 665. The quantitative estimate of drug-likeness (QED) is 0.780. The van der Waals surface area contributed by atoms with Gasteiger partial charge in [-0.15, -0.1) is 0 Å². The standard InChI is InChI=1S/C12H11N5S/c1-13-10-8-17-7-6-15-11(17)12(16-10)18-9-2-4-14-5-3-9/h2-8,13H,1H3. The molecule has 3 rings (SSSR count). The highest BCUT2D eigenvalue weighted by atomic mass is 32.2. The molecule has 90 valence electrons. The molecule has 0 aliphatic rings. The van der Waals surface area contributed by atoms with Crippen LogP contribution in [0.25, 0.3) is 5.65 Å². The molecule has 3 aromatic heterocycles. The van der Waals surface area contributed by atoms with Crippen molar-refractivity contribution in [3.8, 4) is 0 Å². The molecule has 0 radical (unpaired) electrons. The van der Waals surface area contributed by atoms with Gasteiger partial charge in [-0.3, -0.25) is 4.98 Å². The van der Waals surface area contributed by atoms with Gasteiger partial charge in [0.15, 0.2) is 5.65 Å². The maximum absolute atomic E-state index is 4.54. The normalized spacial score (nSPS) is 10.7. The number of imidazole rings is 1. The number of hydrogen-bond acceptors (Lipinski definition) is 5. The van der Waals surface area contributed by atoms with Crippen molar-refractivity contribution in [2.75, 3.05) is 12.4 Å². The summed E-state index contributed by atoms with van der Waals surface area (Å²) in [6.45, 7) is 0. The van der Waals surface area contributed by atoms with Crippen molar-refractivity contribution in [1.29, 1.82) is 0 Å². The van der Waals surface area contributed by atoms with E-state index < -0.39 is 0 Å². The van der Waals surface area contributed by atoms with Crippen molar-refractivity contribution >= 4 is 23.2 Å². The van der Waals surface area contributed by atoms with Crippen LogP contribution in [-0.4, -0.2) is 26.4 Å². The molecule has 0 aliphatic carbocycles. The highest BCUT2D eigenvalue weighted by Gasteiger charge is 2.08. The second-order valence-electron chi connectivity index (χ2n) is 3.62. The van der Waals surface area contributed by atoms with Crippen LogP contribution in [0.2, 0.25) is 0 Å². The molecule has 0 fully saturated rings. The van der Waals surface area contributed by atoms with E-state index in [4.69, 9.17) is 0 Å². The molecular weight excluding hydrogens is 246 g/mol. The highest BCUT2D eigenvalue weighted by molar-refractivity contribution is 7.99. The molecule has 6 heteroatoms. The van der Waals surface area contributed by atoms with E-state index in [2.05, 4.69) is 20.3 Å². The molecular formula is C12H11N5S. The zero-order valence-corrected chi connectivity index (χ0v) is 10.6. The Morgan fingerprint density at radius 1 is 1.22 bits per heavy atom. The van der Waals surface area contributed by atoms with Gasteiger partial charge in [0.25, 0.3) is 0 Å². The molecule has 0 atom stereocenters. The molecule has 3 heterocycles. The van der Waals surface area contributed by atoms with Crippen molar-refractivity contribution in [3.63, 3.8) is 0 Å². The summed E-state index contributed by atoms with van der Waals surface area (Å²) in [5.74, 6) is 0.817. The number of fused-ring (bicyclic) bond motifs is 1. The number of aromatic nitrogens is 4. The predicted octanol–water partition coefficient (Wildman–Crippen LogP) is 2.32. The largest absolute Gasteiger partial charge is 0.372 e. The average molecular weight is 257 g/mol. The van der Waals surface area contributed by atoms with E-state index in [1.54, 1.807) is 30.4 Å². The molecule has 0 aliphatic heterocycles. The highest BCUT2D eigenvalue weighted by Crippen LogP contribution is 2.29. The molecule has 0 saturated heterocycles. The molecule has 5 nitrogen and oxygen atoms in total. The lowest BCUT2D eigenvalue weighted by molar-refractivity contribution is 1.03. The summed E-state index contributed by atoms with van der Waals surface area (Å²) in [5.41, 5.74) is 0.857. The first-order chi connectivity index (χ1) is 8.86. The number of nitrogens with zero attached hydrogens (tertiary/aromatic N) is 4. The van der Waals surface area contributed by atoms with E-state index in [1.165, 1.54) is 0 Å². The Labute approximate surface area is 108 Å². The second kappa shape index (κ2) is 4.66. The first-order valence-corrected chi connectivity index (χ1v) is 6.28. The number of rotatable bonds is 3. The zero-order valence-electron chi connectivity index (χ0n) is 9.74. The Hall–Kier alpha value is -2.08. The van der Waals surface area contributed by atoms with Gasteiger partial charge in [-0.25, -0.2) is 9.97 Å². The van der Waals surface area contributed by atoms with Gasteiger partial charge in [0, 0.05) is 36.7 Å². The van der Waals surface area contributed by atoms with Crippen molar-refractivity contribution in [1.82, 2.24) is 19.4 Å². The van der Waals surface area contributed by atoms with E-state index in [1.807, 2.05) is 36.0 Å². The Balaban J connectivity index is 2.07. The second-order valence-corrected chi connectivity index (χ2v) is 4.69. The van der Waals surface area contributed by atoms with Crippen LogP contribution >= 0.6 is 11.8 Å². The van der Waals surface area contributed by atoms with Crippen molar-refractivity contribution < 1.29 is 0 Å². The van der Waals surface area contributed by atoms with Gasteiger partial charge in [0.05, 0.1) is 6.20 Å². The lowest BCUT2D eigenvalue weighted by Crippen LogP contribution is -1.98. The topological polar surface area (TPSA) is 55.1 Å². The zero-order chi connectivity index (χ0) is 12.4. The Kier molecular flexibility index (Phi) is 2.85. The third kappa shape index (κ3) is 2.02. The molecule has 0 bridgehead atoms. The van der Waals surface area contributed by atoms with E-state index in [-0.39, 0.29) is 0 Å². The third-order valence-electron chi connectivity index (χ3n) is 2.46. The number of hydrogen-bond donors (Lipinski definition) is 1. The van der Waals surface area contributed by atoms with Crippen LogP contribution < -0.4 is 5.32 Å². The van der Waals surface area contributed by atoms with Crippen molar-refractivity contribution in [2.24, 2.45) is 0 Å². The van der Waals surface area contributed by atoms with Crippen LogP contribution in [0.4, 0.5) is 5.82 Å². The van der Waals surface area contributed by atoms with Gasteiger partial charge < -0.3 is 9.72 Å². The summed E-state index contributed by atoms with van der Waals surface area (Å²) in [5, 5.41) is 3.92. The van der Waals surface area contributed by atoms with E-state index >= 15 is 0 Å². The smallest absolute Gasteiger partial charge is 0.170 e. The lowest BCUT2D eigenvalue weighted by Gasteiger charge is -2.06. The lowest BCUT2D eigenvalue weighted by atomic mass is 10.5. The molecule has 0 spiro atoms. The molecule has 0 saturated carbocycles. The van der Waals surface area contributed by atoms with E-state index in [0.717, 1.165) is 21.4 Å². The van der Waals surface area contributed by atoms with Crippen LogP contribution in [0.15, 0.2) is 53.0 Å². The molecule has 1 N–H and O–H groups in total. The van der Waals surface area contributed by atoms with E-state index in [0.29, 0.717) is 0 Å². The van der Waals surface area contributed by atoms with Gasteiger partial charge in [0.1, 0.15) is 10.8 Å². The molecule has 0 unspecified atom stereocenters. The number of nitrogens with one attached hydrogen (secondary N) is 1. The molecule has 0 aromatic carbocycles. The minimum atomic E-state index is 0.817. The van der Waals surface area contributed by atoms with Crippen LogP contribution in [0.5, 0.6) is 0 Å². The first kappa shape index (κ1) is 11.0. The maximum Gasteiger partial charge on any atom is 0.170 e. The molecule has 3 aromatic rings. The van der Waals surface area contributed by atoms with Gasteiger partial charge in [0.2, 0.25) is 0 Å². The fourth-order valence-corrected chi connectivity index (χ4v) is 2.48. The van der Waals surface area contributed by atoms with E-state index in [9.17, 15) is 0 Å². The fraction of sp³-hybridized carbons (Fsp3) is 0.0833. The van der Waals surface area contributed by atoms with Gasteiger partial charge in [-0.05, 0) is 12.1 Å². The fourth-order valence-electron chi connectivity index (χ4n) is 1.61. The summed E-state index contributed by atoms with van der Waals surface area (Å²) in [4.78, 5) is 14.0. The predicted molar refractivity (Wildman–Crippen MR) is 70.9 cm³/mol. The monoisotopic (exact) mass is 257 g/mol. The van der Waals surface area contributed by atoms with Crippen molar-refractivity contribution in [3.05, 3.63) is 43.1 Å². The number of pyridine rings is 1. The summed E-state index contributed by atoms with van der Waals surface area (Å²) >= 11 is 1.58. The summed E-state index contributed by atoms with van der Waals surface area (Å²) < 4.78 is 1.96. The first-order valence-electron chi connectivity index (χ1n) is 5.46. The average Bonchev–Trinajstić information content (AvgIpc) is 2.88. The minimum Gasteiger partial charge on any atom is -0.372 e. The Morgan fingerprint density at radius 3 is 2.83 bits per heavy atom. The van der Waals surface area contributed by atoms with Gasteiger partial charge in [-0.2, -0.15) is 0 Å². The van der Waals surface area contributed by atoms with Crippen LogP contribution in [0, 0.1) is 0 Å². The van der Waals surface area contributed by atoms with Crippen molar-refractivity contribution in [2.45, 2.75) is 9.92 Å². The Morgan fingerprint density at radius 2 is 2.06 bits per heavy atom. The SMILES string of the molecule is CNc1cn2ccnc2c(Sc2ccncc2)n1. The third-order valence-corrected chi connectivity index (χ3v) is 3.44. The summed E-state index contributed by atoms with van der Waals surface area (Å²) in [6, 6.07) is 3.91. The summed E-state index contributed by atoms with van der Waals surface area (Å²) in [6.07, 6.45) is 9.14. The number of anilines is 1. The van der Waals surface area contributed by atoms with Crippen LogP contribution in [-0.2, 0) is 0 Å². The molecule has 18 heavy (non-hydrogen) atoms. The van der Waals surface area contributed by atoms with Gasteiger partial charge in [-0.1, -0.05) is 11.8 Å². The minimum absolute atomic E-state index is 0.817. The van der Waals surface area contributed by atoms with Crippen LogP contribution in [0.3, 0.4) is 0 Å². The maximum atomic E-state index is 4.54. The molecule has 0 amide bonds. The van der Waals surface area contributed by atoms with Crippen LogP contribution in [0.1, 0.15) is 0 Å².